The Bertz CT molecular complexity index is 444. The van der Waals surface area contributed by atoms with Gasteiger partial charge in [-0.15, -0.1) is 0 Å². The van der Waals surface area contributed by atoms with Crippen LogP contribution in [0.1, 0.15) is 48.5 Å². The molecule has 0 aromatic heterocycles. The Kier molecular flexibility index (Phi) is 7.57. The second kappa shape index (κ2) is 8.16. The number of ketones is 1. The summed E-state index contributed by atoms with van der Waals surface area (Å²) in [6, 6.07) is -0.477. The van der Waals surface area contributed by atoms with Crippen LogP contribution in [0.5, 0.6) is 0 Å². The number of allylic oxidation sites excluding steroid dienone is 1. The molecule has 126 valence electrons. The van der Waals surface area contributed by atoms with Gasteiger partial charge in [0.05, 0.1) is 6.04 Å². The van der Waals surface area contributed by atoms with Crippen molar-refractivity contribution in [3.63, 3.8) is 0 Å². The van der Waals surface area contributed by atoms with Crippen LogP contribution in [0.25, 0.3) is 0 Å². The average Bonchev–Trinajstić information content (AvgIpc) is 2.38. The monoisotopic (exact) mass is 308 g/mol. The van der Waals surface area contributed by atoms with E-state index in [0.717, 1.165) is 0 Å². The van der Waals surface area contributed by atoms with E-state index in [0.29, 0.717) is 5.57 Å². The van der Waals surface area contributed by atoms with E-state index in [1.165, 1.54) is 0 Å². The van der Waals surface area contributed by atoms with E-state index in [-0.39, 0.29) is 35.1 Å². The number of hydrogen-bond acceptors (Lipinski definition) is 3. The fraction of sp³-hybridized carbons (Fsp3) is 0.667. The molecule has 4 heteroatoms. The summed E-state index contributed by atoms with van der Waals surface area (Å²) in [6.07, 6.45) is 3.45. The minimum absolute atomic E-state index is 0.00120. The maximum Gasteiger partial charge on any atom is 0.245 e. The van der Waals surface area contributed by atoms with Gasteiger partial charge >= 0.3 is 0 Å². The van der Waals surface area contributed by atoms with Crippen molar-refractivity contribution >= 4 is 11.7 Å². The van der Waals surface area contributed by atoms with Crippen molar-refractivity contribution in [1.82, 2.24) is 10.2 Å². The van der Waals surface area contributed by atoms with Crippen LogP contribution >= 0.6 is 0 Å². The fourth-order valence-electron chi connectivity index (χ4n) is 2.29. The largest absolute Gasteiger partial charge is 0.380 e. The lowest BCUT2D eigenvalue weighted by atomic mass is 9.85. The Morgan fingerprint density at radius 1 is 1.18 bits per heavy atom. The van der Waals surface area contributed by atoms with Crippen LogP contribution in [0.2, 0.25) is 0 Å². The van der Waals surface area contributed by atoms with Gasteiger partial charge in [0, 0.05) is 7.05 Å². The van der Waals surface area contributed by atoms with Gasteiger partial charge in [-0.25, -0.2) is 0 Å². The molecule has 0 fully saturated rings. The molecule has 1 N–H and O–H groups in total. The minimum Gasteiger partial charge on any atom is -0.380 e. The van der Waals surface area contributed by atoms with Crippen molar-refractivity contribution in [2.45, 2.75) is 60.5 Å². The molecule has 0 saturated carbocycles. The first-order chi connectivity index (χ1) is 9.93. The first kappa shape index (κ1) is 20.4. The topological polar surface area (TPSA) is 49.4 Å². The molecule has 0 spiro atoms. The number of carbonyl (C=O) groups excluding carboxylic acids is 2. The predicted octanol–water partition coefficient (Wildman–Crippen LogP) is 3.15. The average molecular weight is 308 g/mol. The minimum atomic E-state index is -0.359. The molecule has 4 nitrogen and oxygen atoms in total. The summed E-state index contributed by atoms with van der Waals surface area (Å²) in [5, 5.41) is 3.06. The van der Waals surface area contributed by atoms with E-state index in [2.05, 4.69) is 11.9 Å². The number of nitrogens with one attached hydrogen (secondary N) is 1. The number of nitrogens with zero attached hydrogens (tertiary/aromatic N) is 1. The summed E-state index contributed by atoms with van der Waals surface area (Å²) in [5.41, 5.74) is 0.447. The van der Waals surface area contributed by atoms with Crippen LogP contribution in [0.3, 0.4) is 0 Å². The Morgan fingerprint density at radius 2 is 1.68 bits per heavy atom. The van der Waals surface area contributed by atoms with Crippen LogP contribution in [-0.4, -0.2) is 35.7 Å². The molecule has 0 aromatic rings. The van der Waals surface area contributed by atoms with Crippen LogP contribution < -0.4 is 5.32 Å². The molecule has 0 bridgehead atoms. The third-order valence-electron chi connectivity index (χ3n) is 3.85. The first-order valence-electron chi connectivity index (χ1n) is 7.76. The van der Waals surface area contributed by atoms with E-state index in [4.69, 9.17) is 0 Å². The summed E-state index contributed by atoms with van der Waals surface area (Å²) >= 11 is 0. The molecular formula is C18H32N2O2. The molecule has 0 radical (unpaired) electrons. The van der Waals surface area contributed by atoms with Gasteiger partial charge < -0.3 is 10.2 Å². The quantitative estimate of drug-likeness (QED) is 0.735. The lowest BCUT2D eigenvalue weighted by molar-refractivity contribution is -0.136. The second-order valence-electron chi connectivity index (χ2n) is 7.26. The Balaban J connectivity index is 5.51. The van der Waals surface area contributed by atoms with E-state index in [1.54, 1.807) is 32.0 Å². The number of amides is 1. The first-order valence-corrected chi connectivity index (χ1v) is 7.76. The molecule has 0 unspecified atom stereocenters. The fourth-order valence-corrected chi connectivity index (χ4v) is 2.29. The molecule has 0 rings (SSSR count). The van der Waals surface area contributed by atoms with Gasteiger partial charge in [0.1, 0.15) is 6.04 Å². The highest BCUT2D eigenvalue weighted by Crippen LogP contribution is 2.23. The Morgan fingerprint density at radius 3 is 2.00 bits per heavy atom. The molecule has 0 aliphatic heterocycles. The van der Waals surface area contributed by atoms with Crippen molar-refractivity contribution < 1.29 is 9.59 Å². The van der Waals surface area contributed by atoms with Gasteiger partial charge in [-0.1, -0.05) is 47.3 Å². The lowest BCUT2D eigenvalue weighted by Crippen LogP contribution is -2.53. The highest BCUT2D eigenvalue weighted by molar-refractivity contribution is 5.92. The van der Waals surface area contributed by atoms with Gasteiger partial charge in [0.15, 0.2) is 5.78 Å². The van der Waals surface area contributed by atoms with Crippen molar-refractivity contribution in [2.24, 2.45) is 11.3 Å². The van der Waals surface area contributed by atoms with Crippen molar-refractivity contribution in [1.29, 1.82) is 0 Å². The lowest BCUT2D eigenvalue weighted by Gasteiger charge is -2.37. The molecule has 0 aliphatic rings. The SMILES string of the molecule is C=CN[C@H](C(=O)N(C)[C@H](/C=C(\C)C(C)=O)C(C)C)C(C)(C)C. The predicted molar refractivity (Wildman–Crippen MR) is 92.4 cm³/mol. The Labute approximate surface area is 135 Å². The van der Waals surface area contributed by atoms with E-state index in [1.807, 2.05) is 40.7 Å². The number of carbonyl (C=O) groups is 2. The zero-order valence-corrected chi connectivity index (χ0v) is 15.4. The van der Waals surface area contributed by atoms with Crippen molar-refractivity contribution in [3.8, 4) is 0 Å². The molecule has 2 atom stereocenters. The highest BCUT2D eigenvalue weighted by Gasteiger charge is 2.35. The number of Topliss-reactive ketones (excluding diaryl/α,β-unsaturated/α-hetero) is 1. The smallest absolute Gasteiger partial charge is 0.245 e. The second-order valence-corrected chi connectivity index (χ2v) is 7.26. The van der Waals surface area contributed by atoms with Crippen LogP contribution in [0.4, 0.5) is 0 Å². The molecular weight excluding hydrogens is 276 g/mol. The molecule has 22 heavy (non-hydrogen) atoms. The normalized spacial score (nSPS) is 15.2. The molecule has 0 aromatic carbocycles. The number of hydrogen-bond donors (Lipinski definition) is 1. The number of likely N-dealkylation sites (N-methyl/N-ethyl adjacent to an activating group) is 1. The summed E-state index contributed by atoms with van der Waals surface area (Å²) in [5.74, 6) is 0.245. The highest BCUT2D eigenvalue weighted by atomic mass is 16.2. The standard InChI is InChI=1S/C18H32N2O2/c1-10-19-16(18(6,7)8)17(22)20(9)15(12(2)3)11-13(4)14(5)21/h10-12,15-16,19H,1H2,2-9H3/b13-11+/t15-,16-/m1/s1. The Hall–Kier alpha value is -1.58. The summed E-state index contributed by atoms with van der Waals surface area (Å²) in [4.78, 5) is 26.1. The maximum absolute atomic E-state index is 12.9. The van der Waals surface area contributed by atoms with Gasteiger partial charge in [-0.05, 0) is 37.0 Å². The van der Waals surface area contributed by atoms with Crippen LogP contribution in [0, 0.1) is 11.3 Å². The molecule has 0 saturated heterocycles. The van der Waals surface area contributed by atoms with Crippen molar-refractivity contribution in [3.05, 3.63) is 24.4 Å². The zero-order chi connectivity index (χ0) is 17.7. The zero-order valence-electron chi connectivity index (χ0n) is 15.4. The van der Waals surface area contributed by atoms with Gasteiger partial charge in [-0.2, -0.15) is 0 Å². The number of rotatable bonds is 7. The van der Waals surface area contributed by atoms with E-state index >= 15 is 0 Å². The maximum atomic E-state index is 12.9. The van der Waals surface area contributed by atoms with Crippen molar-refractivity contribution in [2.75, 3.05) is 7.05 Å². The third-order valence-corrected chi connectivity index (χ3v) is 3.85. The summed E-state index contributed by atoms with van der Waals surface area (Å²) in [6.45, 7) is 17.1. The van der Waals surface area contributed by atoms with E-state index in [9.17, 15) is 9.59 Å². The van der Waals surface area contributed by atoms with Gasteiger partial charge in [0.25, 0.3) is 0 Å². The van der Waals surface area contributed by atoms with E-state index < -0.39 is 0 Å². The van der Waals surface area contributed by atoms with Gasteiger partial charge in [0.2, 0.25) is 5.91 Å². The molecule has 1 amide bonds. The molecule has 0 heterocycles. The molecule has 0 aliphatic carbocycles. The summed E-state index contributed by atoms with van der Waals surface area (Å²) < 4.78 is 0. The van der Waals surface area contributed by atoms with Crippen LogP contribution in [-0.2, 0) is 9.59 Å². The summed E-state index contributed by atoms with van der Waals surface area (Å²) in [7, 11) is 1.79. The van der Waals surface area contributed by atoms with Crippen LogP contribution in [0.15, 0.2) is 24.4 Å². The third kappa shape index (κ3) is 5.66. The van der Waals surface area contributed by atoms with Gasteiger partial charge in [-0.3, -0.25) is 9.59 Å².